The Bertz CT molecular complexity index is 1940. The maximum atomic E-state index is 15.4. The van der Waals surface area contributed by atoms with E-state index in [-0.39, 0.29) is 11.2 Å². The summed E-state index contributed by atoms with van der Waals surface area (Å²) in [6, 6.07) is 25.1. The molecule has 3 nitrogen and oxygen atoms in total. The van der Waals surface area contributed by atoms with Crippen LogP contribution in [0.3, 0.4) is 0 Å². The van der Waals surface area contributed by atoms with Crippen LogP contribution in [0.15, 0.2) is 83.3 Å². The van der Waals surface area contributed by atoms with E-state index in [1.54, 1.807) is 12.1 Å². The van der Waals surface area contributed by atoms with E-state index in [1.807, 2.05) is 72.3 Å². The topological polar surface area (TPSA) is 21.4 Å². The van der Waals surface area contributed by atoms with Crippen molar-refractivity contribution in [3.63, 3.8) is 0 Å². The molecule has 0 aliphatic heterocycles. The molecule has 0 saturated carbocycles. The first-order valence-electron chi connectivity index (χ1n) is 12.7. The smallest absolute Gasteiger partial charge is 0.219 e. The van der Waals surface area contributed by atoms with E-state index in [0.29, 0.717) is 16.7 Å². The zero-order valence-corrected chi connectivity index (χ0v) is 22.2. The zero-order chi connectivity index (χ0) is 26.8. The third-order valence-electron chi connectivity index (χ3n) is 7.48. The summed E-state index contributed by atoms with van der Waals surface area (Å²) in [7, 11) is 1.97. The van der Waals surface area contributed by atoms with Crippen molar-refractivity contribution < 1.29 is 13.4 Å². The van der Waals surface area contributed by atoms with Crippen LogP contribution in [0.2, 0.25) is 0 Å². The second kappa shape index (κ2) is 8.53. The van der Waals surface area contributed by atoms with Crippen LogP contribution in [0.1, 0.15) is 31.9 Å². The van der Waals surface area contributed by atoms with E-state index in [9.17, 15) is 0 Å². The van der Waals surface area contributed by atoms with Gasteiger partial charge in [-0.3, -0.25) is 0 Å². The molecule has 4 heteroatoms. The first-order valence-corrected chi connectivity index (χ1v) is 12.7. The lowest BCUT2D eigenvalue weighted by Crippen LogP contribution is -2.32. The molecule has 0 aliphatic carbocycles. The molecule has 6 rings (SSSR count). The summed E-state index contributed by atoms with van der Waals surface area (Å²) in [4.78, 5) is 3.83. The lowest BCUT2D eigenvalue weighted by atomic mass is 9.81. The molecule has 0 fully saturated rings. The minimum atomic E-state index is -0.266. The number of aromatic nitrogens is 1. The fourth-order valence-corrected chi connectivity index (χ4v) is 5.65. The molecule has 0 amide bonds. The highest BCUT2D eigenvalue weighted by Crippen LogP contribution is 2.47. The van der Waals surface area contributed by atoms with E-state index in [0.717, 1.165) is 55.4 Å². The molecule has 0 bridgehead atoms. The van der Waals surface area contributed by atoms with E-state index < -0.39 is 0 Å². The standard InChI is InChI=1S/C34H28FN2O/c1-20-18-24(34(2,3)4)31-23-16-17-26(36-5)30(21-12-8-7-9-13-21)32(23)38-33(31)29(20)28-19-25(35)22-14-10-11-15-27(22)37(28)6/h7-19H,1-4,6H3/q+1. The monoisotopic (exact) mass is 499 g/mol. The molecule has 4 aromatic carbocycles. The van der Waals surface area contributed by atoms with E-state index >= 15 is 4.39 Å². The molecular formula is C34H28FN2O+. The predicted molar refractivity (Wildman–Crippen MR) is 153 cm³/mol. The quantitative estimate of drug-likeness (QED) is 0.172. The average molecular weight is 500 g/mol. The number of pyridine rings is 1. The summed E-state index contributed by atoms with van der Waals surface area (Å²) >= 11 is 0. The second-order valence-corrected chi connectivity index (χ2v) is 10.9. The van der Waals surface area contributed by atoms with Gasteiger partial charge in [0.25, 0.3) is 0 Å². The van der Waals surface area contributed by atoms with Crippen LogP contribution in [0.5, 0.6) is 0 Å². The molecule has 186 valence electrons. The van der Waals surface area contributed by atoms with Crippen molar-refractivity contribution in [1.82, 2.24) is 0 Å². The Kier molecular flexibility index (Phi) is 5.36. The van der Waals surface area contributed by atoms with Gasteiger partial charge in [-0.15, -0.1) is 0 Å². The zero-order valence-electron chi connectivity index (χ0n) is 22.2. The Balaban J connectivity index is 1.82. The molecule has 0 spiro atoms. The van der Waals surface area contributed by atoms with Crippen LogP contribution in [0.4, 0.5) is 10.1 Å². The average Bonchev–Trinajstić information content (AvgIpc) is 3.29. The molecule has 0 atom stereocenters. The normalized spacial score (nSPS) is 11.9. The van der Waals surface area contributed by atoms with Gasteiger partial charge in [0.15, 0.2) is 5.69 Å². The SMILES string of the molecule is [C-]#[N+]c1ccc2c(oc3c(-c4cc(F)c5ccccc5[n+]4C)c(C)cc(C(C)(C)C)c32)c1-c1ccccc1. The van der Waals surface area contributed by atoms with Crippen molar-refractivity contribution in [3.05, 3.63) is 107 Å². The Morgan fingerprint density at radius 1 is 0.842 bits per heavy atom. The molecular weight excluding hydrogens is 471 g/mol. The maximum Gasteiger partial charge on any atom is 0.219 e. The largest absolute Gasteiger partial charge is 0.456 e. The third kappa shape index (κ3) is 3.50. The summed E-state index contributed by atoms with van der Waals surface area (Å²) < 4.78 is 24.3. The van der Waals surface area contributed by atoms with Gasteiger partial charge in [0.05, 0.1) is 17.5 Å². The molecule has 38 heavy (non-hydrogen) atoms. The minimum absolute atomic E-state index is 0.166. The van der Waals surface area contributed by atoms with E-state index in [1.165, 1.54) is 0 Å². The van der Waals surface area contributed by atoms with E-state index in [2.05, 4.69) is 38.6 Å². The number of para-hydroxylation sites is 1. The van der Waals surface area contributed by atoms with Gasteiger partial charge < -0.3 is 4.42 Å². The van der Waals surface area contributed by atoms with Gasteiger partial charge in [0, 0.05) is 28.5 Å². The second-order valence-electron chi connectivity index (χ2n) is 10.9. The molecule has 6 aromatic rings. The summed E-state index contributed by atoms with van der Waals surface area (Å²) in [5.41, 5.74) is 8.08. The first kappa shape index (κ1) is 23.9. The molecule has 0 aliphatic rings. The third-order valence-corrected chi connectivity index (χ3v) is 7.48. The summed E-state index contributed by atoms with van der Waals surface area (Å²) in [6.45, 7) is 16.5. The number of fused-ring (bicyclic) bond motifs is 4. The van der Waals surface area contributed by atoms with Gasteiger partial charge in [0.1, 0.15) is 24.0 Å². The minimum Gasteiger partial charge on any atom is -0.456 e. The summed E-state index contributed by atoms with van der Waals surface area (Å²) in [5.74, 6) is -0.266. The lowest BCUT2D eigenvalue weighted by Gasteiger charge is -2.22. The van der Waals surface area contributed by atoms with Crippen molar-refractivity contribution in [3.8, 4) is 22.4 Å². The number of hydrogen-bond donors (Lipinski definition) is 0. The van der Waals surface area contributed by atoms with Crippen molar-refractivity contribution in [1.29, 1.82) is 0 Å². The Labute approximate surface area is 221 Å². The number of halogens is 1. The number of aryl methyl sites for hydroxylation is 2. The van der Waals surface area contributed by atoms with Crippen LogP contribution in [0, 0.1) is 19.3 Å². The van der Waals surface area contributed by atoms with Crippen LogP contribution in [-0.2, 0) is 12.5 Å². The number of nitrogens with zero attached hydrogens (tertiary/aromatic N) is 2. The van der Waals surface area contributed by atoms with Crippen molar-refractivity contribution in [2.24, 2.45) is 7.05 Å². The van der Waals surface area contributed by atoms with Gasteiger partial charge in [0.2, 0.25) is 11.2 Å². The highest BCUT2D eigenvalue weighted by Gasteiger charge is 2.30. The van der Waals surface area contributed by atoms with Crippen LogP contribution in [0.25, 0.3) is 60.1 Å². The Morgan fingerprint density at radius 3 is 2.26 bits per heavy atom. The van der Waals surface area contributed by atoms with Gasteiger partial charge >= 0.3 is 0 Å². The molecule has 0 unspecified atom stereocenters. The summed E-state index contributed by atoms with van der Waals surface area (Å²) in [6.07, 6.45) is 0. The molecule has 0 N–H and O–H groups in total. The maximum absolute atomic E-state index is 15.4. The molecule has 0 radical (unpaired) electrons. The van der Waals surface area contributed by atoms with Crippen molar-refractivity contribution >= 4 is 38.5 Å². The molecule has 0 saturated heterocycles. The first-order chi connectivity index (χ1) is 18.2. The van der Waals surface area contributed by atoms with Gasteiger partial charge in [-0.1, -0.05) is 81.4 Å². The number of rotatable bonds is 2. The highest BCUT2D eigenvalue weighted by atomic mass is 19.1. The lowest BCUT2D eigenvalue weighted by molar-refractivity contribution is -0.633. The fraction of sp³-hybridized carbons (Fsp3) is 0.176. The Morgan fingerprint density at radius 2 is 1.55 bits per heavy atom. The molecule has 2 aromatic heterocycles. The van der Waals surface area contributed by atoms with Gasteiger partial charge in [-0.25, -0.2) is 9.24 Å². The van der Waals surface area contributed by atoms with Crippen molar-refractivity contribution in [2.75, 3.05) is 0 Å². The number of furan rings is 1. The van der Waals surface area contributed by atoms with Crippen LogP contribution in [-0.4, -0.2) is 0 Å². The van der Waals surface area contributed by atoms with Gasteiger partial charge in [-0.05, 0) is 35.1 Å². The fourth-order valence-electron chi connectivity index (χ4n) is 5.65. The van der Waals surface area contributed by atoms with Crippen molar-refractivity contribution in [2.45, 2.75) is 33.1 Å². The van der Waals surface area contributed by atoms with E-state index in [4.69, 9.17) is 11.0 Å². The molecule has 2 heterocycles. The predicted octanol–water partition coefficient (Wildman–Crippen LogP) is 9.19. The highest BCUT2D eigenvalue weighted by molar-refractivity contribution is 6.16. The Hall–Kier alpha value is -4.49. The number of hydrogen-bond acceptors (Lipinski definition) is 1. The van der Waals surface area contributed by atoms with Crippen LogP contribution < -0.4 is 4.57 Å². The summed E-state index contributed by atoms with van der Waals surface area (Å²) in [5, 5.41) is 2.55. The van der Waals surface area contributed by atoms with Gasteiger partial charge in [-0.2, -0.15) is 4.57 Å². The van der Waals surface area contributed by atoms with Crippen LogP contribution >= 0.6 is 0 Å². The number of benzene rings is 4.